The number of benzene rings is 1. The summed E-state index contributed by atoms with van der Waals surface area (Å²) in [5, 5.41) is 21.7. The first-order valence-corrected chi connectivity index (χ1v) is 11.3. The number of aryl methyl sites for hydroxylation is 1. The third-order valence-corrected chi connectivity index (χ3v) is 5.73. The summed E-state index contributed by atoms with van der Waals surface area (Å²) in [4.78, 5) is 8.94. The largest absolute Gasteiger partial charge is 0.496 e. The predicted octanol–water partition coefficient (Wildman–Crippen LogP) is 4.78. The van der Waals surface area contributed by atoms with Crippen LogP contribution in [0.5, 0.6) is 5.75 Å². The van der Waals surface area contributed by atoms with Crippen molar-refractivity contribution in [3.63, 3.8) is 0 Å². The van der Waals surface area contributed by atoms with Crippen molar-refractivity contribution in [2.75, 3.05) is 19.0 Å². The standard InChI is InChI=1S/C25H29F2N5O3/c1-15-7-17(12-28-32-15)20-6-5-18(8-21(20)34-4)29-23-30-19(9-22(31-23)24(2,3)33)14-35-13-16-10-25(26,27)11-16/h5-9,12,16,33H,10-11,13-14H2,1-4H3,(H,29,30,31). The lowest BCUT2D eigenvalue weighted by Crippen LogP contribution is -2.37. The average molecular weight is 486 g/mol. The molecule has 4 rings (SSSR count). The maximum Gasteiger partial charge on any atom is 0.248 e. The quantitative estimate of drug-likeness (QED) is 0.446. The molecule has 0 bridgehead atoms. The molecule has 1 aromatic carbocycles. The lowest BCUT2D eigenvalue weighted by molar-refractivity contribution is -0.129. The lowest BCUT2D eigenvalue weighted by Gasteiger charge is -2.34. The summed E-state index contributed by atoms with van der Waals surface area (Å²) in [7, 11) is 1.59. The van der Waals surface area contributed by atoms with Crippen LogP contribution in [0.4, 0.5) is 20.4 Å². The van der Waals surface area contributed by atoms with Crippen LogP contribution in [0.1, 0.15) is 43.8 Å². The molecule has 8 nitrogen and oxygen atoms in total. The fourth-order valence-corrected chi connectivity index (χ4v) is 3.93. The van der Waals surface area contributed by atoms with Gasteiger partial charge >= 0.3 is 0 Å². The Kier molecular flexibility index (Phi) is 6.95. The topological polar surface area (TPSA) is 102 Å². The van der Waals surface area contributed by atoms with Crippen molar-refractivity contribution in [1.82, 2.24) is 20.2 Å². The number of aliphatic hydroxyl groups is 1. The van der Waals surface area contributed by atoms with E-state index in [4.69, 9.17) is 9.47 Å². The molecule has 2 N–H and O–H groups in total. The second-order valence-electron chi connectivity index (χ2n) is 9.40. The van der Waals surface area contributed by atoms with Gasteiger partial charge in [-0.2, -0.15) is 10.2 Å². The van der Waals surface area contributed by atoms with Gasteiger partial charge in [0, 0.05) is 35.7 Å². The van der Waals surface area contributed by atoms with Gasteiger partial charge in [-0.25, -0.2) is 18.7 Å². The minimum Gasteiger partial charge on any atom is -0.496 e. The molecule has 0 unspecified atom stereocenters. The SMILES string of the molecule is COc1cc(Nc2nc(COCC3CC(F)(F)C3)cc(C(C)(C)O)n2)ccc1-c1cnnc(C)c1. The summed E-state index contributed by atoms with van der Waals surface area (Å²) in [6.45, 7) is 5.49. The highest BCUT2D eigenvalue weighted by molar-refractivity contribution is 5.74. The number of methoxy groups -OCH3 is 1. The first-order chi connectivity index (χ1) is 16.5. The van der Waals surface area contributed by atoms with Crippen molar-refractivity contribution in [2.24, 2.45) is 5.92 Å². The predicted molar refractivity (Wildman–Crippen MR) is 127 cm³/mol. The van der Waals surface area contributed by atoms with Crippen molar-refractivity contribution in [3.05, 3.63) is 53.6 Å². The molecule has 1 aliphatic rings. The van der Waals surface area contributed by atoms with Crippen molar-refractivity contribution in [2.45, 2.75) is 51.7 Å². The monoisotopic (exact) mass is 485 g/mol. The number of alkyl halides is 2. The molecule has 2 aromatic heterocycles. The minimum atomic E-state index is -2.57. The van der Waals surface area contributed by atoms with Crippen LogP contribution < -0.4 is 10.1 Å². The Labute approximate surface area is 202 Å². The van der Waals surface area contributed by atoms with Gasteiger partial charge in [0.2, 0.25) is 11.9 Å². The van der Waals surface area contributed by atoms with E-state index in [1.165, 1.54) is 0 Å². The minimum absolute atomic E-state index is 0.124. The fourth-order valence-electron chi connectivity index (χ4n) is 3.93. The van der Waals surface area contributed by atoms with Crippen molar-refractivity contribution in [3.8, 4) is 16.9 Å². The molecular formula is C25H29F2N5O3. The van der Waals surface area contributed by atoms with E-state index in [0.717, 1.165) is 16.8 Å². The van der Waals surface area contributed by atoms with Crippen LogP contribution in [-0.4, -0.2) is 44.9 Å². The van der Waals surface area contributed by atoms with Gasteiger partial charge in [-0.3, -0.25) is 0 Å². The Morgan fingerprint density at radius 2 is 1.94 bits per heavy atom. The van der Waals surface area contributed by atoms with Gasteiger partial charge < -0.3 is 19.9 Å². The maximum atomic E-state index is 13.0. The smallest absolute Gasteiger partial charge is 0.248 e. The zero-order chi connectivity index (χ0) is 25.2. The van der Waals surface area contributed by atoms with E-state index in [2.05, 4.69) is 25.5 Å². The zero-order valence-electron chi connectivity index (χ0n) is 20.2. The highest BCUT2D eigenvalue weighted by Gasteiger charge is 2.45. The van der Waals surface area contributed by atoms with Crippen molar-refractivity contribution in [1.29, 1.82) is 0 Å². The van der Waals surface area contributed by atoms with Gasteiger partial charge in [0.05, 0.1) is 43.6 Å². The third-order valence-electron chi connectivity index (χ3n) is 5.73. The maximum absolute atomic E-state index is 13.0. The molecule has 35 heavy (non-hydrogen) atoms. The molecule has 0 saturated heterocycles. The highest BCUT2D eigenvalue weighted by atomic mass is 19.3. The second-order valence-corrected chi connectivity index (χ2v) is 9.40. The lowest BCUT2D eigenvalue weighted by atomic mass is 9.82. The summed E-state index contributed by atoms with van der Waals surface area (Å²) in [6, 6.07) is 9.16. The number of nitrogens with zero attached hydrogens (tertiary/aromatic N) is 4. The number of ether oxygens (including phenoxy) is 2. The summed E-state index contributed by atoms with van der Waals surface area (Å²) >= 11 is 0. The molecule has 3 aromatic rings. The number of anilines is 2. The molecule has 0 amide bonds. The van der Waals surface area contributed by atoms with E-state index in [-0.39, 0.29) is 37.9 Å². The van der Waals surface area contributed by atoms with Gasteiger partial charge in [0.15, 0.2) is 0 Å². The van der Waals surface area contributed by atoms with Crippen LogP contribution in [0.2, 0.25) is 0 Å². The number of halogens is 2. The fraction of sp³-hybridized carbons (Fsp3) is 0.440. The van der Waals surface area contributed by atoms with Gasteiger partial charge in [-0.15, -0.1) is 0 Å². The van der Waals surface area contributed by atoms with Crippen LogP contribution in [0, 0.1) is 12.8 Å². The van der Waals surface area contributed by atoms with Crippen LogP contribution in [0.15, 0.2) is 36.5 Å². The van der Waals surface area contributed by atoms with Crippen molar-refractivity contribution >= 4 is 11.6 Å². The molecule has 1 fully saturated rings. The summed E-state index contributed by atoms with van der Waals surface area (Å²) < 4.78 is 37.3. The highest BCUT2D eigenvalue weighted by Crippen LogP contribution is 2.42. The zero-order valence-corrected chi connectivity index (χ0v) is 20.2. The van der Waals surface area contributed by atoms with Crippen LogP contribution in [-0.2, 0) is 16.9 Å². The van der Waals surface area contributed by atoms with E-state index in [1.54, 1.807) is 33.2 Å². The number of aromatic nitrogens is 4. The average Bonchev–Trinajstić information content (AvgIpc) is 2.77. The number of hydrogen-bond donors (Lipinski definition) is 2. The van der Waals surface area contributed by atoms with Crippen LogP contribution >= 0.6 is 0 Å². The molecule has 2 heterocycles. The van der Waals surface area contributed by atoms with E-state index >= 15 is 0 Å². The van der Waals surface area contributed by atoms with Gasteiger partial charge in [-0.1, -0.05) is 0 Å². The Hall–Kier alpha value is -3.24. The van der Waals surface area contributed by atoms with Crippen LogP contribution in [0.25, 0.3) is 11.1 Å². The molecular weight excluding hydrogens is 456 g/mol. The Balaban J connectivity index is 1.53. The molecule has 0 aliphatic heterocycles. The van der Waals surface area contributed by atoms with Gasteiger partial charge in [0.25, 0.3) is 0 Å². The summed E-state index contributed by atoms with van der Waals surface area (Å²) in [5.41, 5.74) is 2.95. The Morgan fingerprint density at radius 3 is 2.60 bits per heavy atom. The van der Waals surface area contributed by atoms with Gasteiger partial charge in [-0.05, 0) is 51.0 Å². The van der Waals surface area contributed by atoms with Crippen molar-refractivity contribution < 1.29 is 23.4 Å². The number of rotatable bonds is 9. The molecule has 186 valence electrons. The Morgan fingerprint density at radius 1 is 1.17 bits per heavy atom. The molecule has 1 aliphatic carbocycles. The van der Waals surface area contributed by atoms with E-state index in [1.807, 2.05) is 31.2 Å². The number of hydrogen-bond acceptors (Lipinski definition) is 8. The first kappa shape index (κ1) is 24.9. The molecule has 0 atom stereocenters. The third kappa shape index (κ3) is 6.26. The van der Waals surface area contributed by atoms with E-state index in [0.29, 0.717) is 22.8 Å². The normalized spacial score (nSPS) is 15.5. The molecule has 1 saturated carbocycles. The molecule has 10 heteroatoms. The first-order valence-electron chi connectivity index (χ1n) is 11.3. The van der Waals surface area contributed by atoms with E-state index in [9.17, 15) is 13.9 Å². The summed E-state index contributed by atoms with van der Waals surface area (Å²) in [6.07, 6.45) is 1.38. The number of nitrogens with one attached hydrogen (secondary N) is 1. The molecule has 0 radical (unpaired) electrons. The second kappa shape index (κ2) is 9.79. The van der Waals surface area contributed by atoms with Crippen LogP contribution in [0.3, 0.4) is 0 Å². The Bertz CT molecular complexity index is 1190. The molecule has 0 spiro atoms. The summed E-state index contributed by atoms with van der Waals surface area (Å²) in [5.74, 6) is -1.82. The van der Waals surface area contributed by atoms with E-state index < -0.39 is 11.5 Å². The van der Waals surface area contributed by atoms with Gasteiger partial charge in [0.1, 0.15) is 11.4 Å².